The van der Waals surface area contributed by atoms with Gasteiger partial charge < -0.3 is 4.74 Å². The maximum atomic E-state index is 13.9. The largest absolute Gasteiger partial charge is 0.463 e. The van der Waals surface area contributed by atoms with Crippen molar-refractivity contribution in [1.82, 2.24) is 4.31 Å². The third kappa shape index (κ3) is 4.56. The fraction of sp³-hybridized carbons (Fsp3) is 0.375. The van der Waals surface area contributed by atoms with Crippen molar-refractivity contribution < 1.29 is 17.9 Å². The Bertz CT molecular complexity index is 1100. The summed E-state index contributed by atoms with van der Waals surface area (Å²) in [5.41, 5.74) is 1.31. The van der Waals surface area contributed by atoms with E-state index in [-0.39, 0.29) is 17.1 Å². The zero-order valence-electron chi connectivity index (χ0n) is 18.4. The van der Waals surface area contributed by atoms with Crippen LogP contribution < -0.4 is 0 Å². The van der Waals surface area contributed by atoms with Crippen LogP contribution in [0.15, 0.2) is 65.1 Å². The average molecular weight is 462 g/mol. The quantitative estimate of drug-likeness (QED) is 0.567. The molecule has 31 heavy (non-hydrogen) atoms. The Hall–Kier alpha value is -2.15. The van der Waals surface area contributed by atoms with Gasteiger partial charge in [0.15, 0.2) is 0 Å². The molecule has 2 aromatic rings. The molecule has 0 N–H and O–H groups in total. The second kappa shape index (κ2) is 8.77. The van der Waals surface area contributed by atoms with E-state index < -0.39 is 33.5 Å². The highest BCUT2D eigenvalue weighted by atomic mass is 35.5. The maximum absolute atomic E-state index is 13.9. The van der Waals surface area contributed by atoms with E-state index in [0.29, 0.717) is 10.6 Å². The molecule has 5 nitrogen and oxygen atoms in total. The SMILES string of the molecule is CCOC(=O)C1=C[C@@H](C(C)(C)C)N(S(=O)(=O)c2ccc(C)cc2)[C@H]1c1ccccc1Cl. The van der Waals surface area contributed by atoms with Crippen molar-refractivity contribution >= 4 is 27.6 Å². The first-order valence-corrected chi connectivity index (χ1v) is 12.0. The molecule has 1 heterocycles. The summed E-state index contributed by atoms with van der Waals surface area (Å²) >= 11 is 6.49. The van der Waals surface area contributed by atoms with Gasteiger partial charge in [-0.05, 0) is 43.0 Å². The summed E-state index contributed by atoms with van der Waals surface area (Å²) < 4.78 is 34.5. The number of nitrogens with zero attached hydrogens (tertiary/aromatic N) is 1. The van der Waals surface area contributed by atoms with E-state index in [1.165, 1.54) is 4.31 Å². The molecule has 0 amide bonds. The molecule has 0 aromatic heterocycles. The van der Waals surface area contributed by atoms with E-state index >= 15 is 0 Å². The lowest BCUT2D eigenvalue weighted by molar-refractivity contribution is -0.138. The predicted molar refractivity (Wildman–Crippen MR) is 122 cm³/mol. The summed E-state index contributed by atoms with van der Waals surface area (Å²) in [4.78, 5) is 13.1. The minimum Gasteiger partial charge on any atom is -0.463 e. The fourth-order valence-electron chi connectivity index (χ4n) is 3.78. The van der Waals surface area contributed by atoms with E-state index in [1.807, 2.05) is 27.7 Å². The molecule has 0 aliphatic carbocycles. The number of esters is 1. The maximum Gasteiger partial charge on any atom is 0.335 e. The molecule has 166 valence electrons. The third-order valence-electron chi connectivity index (χ3n) is 5.36. The van der Waals surface area contributed by atoms with Crippen LogP contribution in [0.25, 0.3) is 0 Å². The second-order valence-electron chi connectivity index (χ2n) is 8.73. The standard InChI is InChI=1S/C24H28ClNO4S/c1-6-30-23(27)19-15-21(24(3,4)5)26(22(19)18-9-7-8-10-20(18)25)31(28,29)17-13-11-16(2)12-14-17/h7-15,21-22H,6H2,1-5H3/t21-,22-/m0/s1. The van der Waals surface area contributed by atoms with Crippen LogP contribution in [0.5, 0.6) is 0 Å². The summed E-state index contributed by atoms with van der Waals surface area (Å²) in [5, 5.41) is 0.390. The number of hydrogen-bond donors (Lipinski definition) is 0. The number of ether oxygens (including phenoxy) is 1. The van der Waals surface area contributed by atoms with Crippen molar-refractivity contribution in [1.29, 1.82) is 0 Å². The van der Waals surface area contributed by atoms with E-state index in [1.54, 1.807) is 61.5 Å². The van der Waals surface area contributed by atoms with Crippen LogP contribution in [0, 0.1) is 12.3 Å². The first kappa shape index (κ1) is 23.5. The second-order valence-corrected chi connectivity index (χ2v) is 11.0. The van der Waals surface area contributed by atoms with Gasteiger partial charge in [-0.3, -0.25) is 0 Å². The highest BCUT2D eigenvalue weighted by Crippen LogP contribution is 2.47. The fourth-order valence-corrected chi connectivity index (χ4v) is 5.92. The van der Waals surface area contributed by atoms with E-state index in [0.717, 1.165) is 5.56 Å². The number of rotatable bonds is 5. The molecule has 2 atom stereocenters. The zero-order valence-corrected chi connectivity index (χ0v) is 20.0. The first-order chi connectivity index (χ1) is 14.5. The van der Waals surface area contributed by atoms with Crippen molar-refractivity contribution in [3.8, 4) is 0 Å². The van der Waals surface area contributed by atoms with Gasteiger partial charge in [-0.25, -0.2) is 13.2 Å². The van der Waals surface area contributed by atoms with Gasteiger partial charge >= 0.3 is 5.97 Å². The van der Waals surface area contributed by atoms with Gasteiger partial charge in [-0.1, -0.05) is 74.3 Å². The van der Waals surface area contributed by atoms with Gasteiger partial charge in [0.2, 0.25) is 10.0 Å². The van der Waals surface area contributed by atoms with Crippen LogP contribution in [-0.4, -0.2) is 31.3 Å². The number of carbonyl (C=O) groups excluding carboxylic acids is 1. The third-order valence-corrected chi connectivity index (χ3v) is 7.56. The lowest BCUT2D eigenvalue weighted by Crippen LogP contribution is -2.45. The predicted octanol–water partition coefficient (Wildman–Crippen LogP) is 5.30. The first-order valence-electron chi connectivity index (χ1n) is 10.2. The number of halogens is 1. The van der Waals surface area contributed by atoms with E-state index in [4.69, 9.17) is 16.3 Å². The highest BCUT2D eigenvalue weighted by molar-refractivity contribution is 7.89. The molecule has 0 bridgehead atoms. The lowest BCUT2D eigenvalue weighted by Gasteiger charge is -2.37. The molecule has 0 fully saturated rings. The minimum atomic E-state index is -3.97. The Morgan fingerprint density at radius 1 is 1.10 bits per heavy atom. The van der Waals surface area contributed by atoms with Gasteiger partial charge in [-0.15, -0.1) is 0 Å². The molecule has 7 heteroatoms. The summed E-state index contributed by atoms with van der Waals surface area (Å²) in [6.07, 6.45) is 1.72. The molecule has 0 unspecified atom stereocenters. The molecule has 2 aromatic carbocycles. The molecule has 0 radical (unpaired) electrons. The van der Waals surface area contributed by atoms with Crippen molar-refractivity contribution in [3.05, 3.63) is 76.3 Å². The molecule has 0 saturated heterocycles. The van der Waals surface area contributed by atoms with Crippen LogP contribution >= 0.6 is 11.6 Å². The van der Waals surface area contributed by atoms with Crippen LogP contribution in [0.3, 0.4) is 0 Å². The Labute approximate surface area is 189 Å². The van der Waals surface area contributed by atoms with E-state index in [2.05, 4.69) is 0 Å². The summed E-state index contributed by atoms with van der Waals surface area (Å²) in [6.45, 7) is 9.66. The highest BCUT2D eigenvalue weighted by Gasteiger charge is 2.50. The monoisotopic (exact) mass is 461 g/mol. The van der Waals surface area contributed by atoms with Crippen molar-refractivity contribution in [3.63, 3.8) is 0 Å². The number of benzene rings is 2. The average Bonchev–Trinajstić information content (AvgIpc) is 3.11. The van der Waals surface area contributed by atoms with Crippen LogP contribution in [0.4, 0.5) is 0 Å². The van der Waals surface area contributed by atoms with Gasteiger partial charge in [0.05, 0.1) is 23.1 Å². The Morgan fingerprint density at radius 3 is 2.26 bits per heavy atom. The summed E-state index contributed by atoms with van der Waals surface area (Å²) in [7, 11) is -3.97. The topological polar surface area (TPSA) is 63.7 Å². The molecule has 1 aliphatic heterocycles. The zero-order chi connectivity index (χ0) is 23.0. The number of sulfonamides is 1. The smallest absolute Gasteiger partial charge is 0.335 e. The molecule has 3 rings (SSSR count). The van der Waals surface area contributed by atoms with Crippen LogP contribution in [0.1, 0.15) is 44.9 Å². The minimum absolute atomic E-state index is 0.169. The molecule has 0 spiro atoms. The van der Waals surface area contributed by atoms with Gasteiger partial charge in [-0.2, -0.15) is 4.31 Å². The number of hydrogen-bond acceptors (Lipinski definition) is 4. The van der Waals surface area contributed by atoms with Crippen molar-refractivity contribution in [2.24, 2.45) is 5.41 Å². The van der Waals surface area contributed by atoms with Crippen molar-refractivity contribution in [2.45, 2.75) is 51.6 Å². The normalized spacial score (nSPS) is 19.9. The number of carbonyl (C=O) groups is 1. The van der Waals surface area contributed by atoms with E-state index in [9.17, 15) is 13.2 Å². The van der Waals surface area contributed by atoms with Crippen LogP contribution in [0.2, 0.25) is 5.02 Å². The Kier molecular flexibility index (Phi) is 6.65. The van der Waals surface area contributed by atoms with Crippen molar-refractivity contribution in [2.75, 3.05) is 6.61 Å². The van der Waals surface area contributed by atoms with Gasteiger partial charge in [0.25, 0.3) is 0 Å². The van der Waals surface area contributed by atoms with Gasteiger partial charge in [0, 0.05) is 11.1 Å². The molecule has 1 aliphatic rings. The molecular formula is C24H28ClNO4S. The Balaban J connectivity index is 2.26. The molecular weight excluding hydrogens is 434 g/mol. The van der Waals surface area contributed by atoms with Gasteiger partial charge in [0.1, 0.15) is 0 Å². The van der Waals surface area contributed by atoms with Crippen LogP contribution in [-0.2, 0) is 19.6 Å². The Morgan fingerprint density at radius 2 is 1.71 bits per heavy atom. The number of aryl methyl sites for hydroxylation is 1. The summed E-state index contributed by atoms with van der Waals surface area (Å²) in [5.74, 6) is -0.539. The lowest BCUT2D eigenvalue weighted by atomic mass is 9.87. The summed E-state index contributed by atoms with van der Waals surface area (Å²) in [6, 6.07) is 12.3. The molecule has 0 saturated carbocycles.